The standard InChI is InChI=1S/C17H13BrO4/c1-20-12-7-15(21-2)17-13(19)9-14(22-16(17)8-12)10-3-5-11(18)6-4-10/h3-9H,1-2H3. The summed E-state index contributed by atoms with van der Waals surface area (Å²) in [6.45, 7) is 0. The van der Waals surface area contributed by atoms with Crippen LogP contribution < -0.4 is 14.9 Å². The van der Waals surface area contributed by atoms with Crippen molar-refractivity contribution in [3.05, 3.63) is 57.2 Å². The Bertz CT molecular complexity index is 882. The van der Waals surface area contributed by atoms with E-state index in [1.807, 2.05) is 24.3 Å². The van der Waals surface area contributed by atoms with Gasteiger partial charge in [0.1, 0.15) is 28.2 Å². The van der Waals surface area contributed by atoms with Gasteiger partial charge in [-0.15, -0.1) is 0 Å². The molecular weight excluding hydrogens is 348 g/mol. The highest BCUT2D eigenvalue weighted by Gasteiger charge is 2.13. The molecule has 0 saturated heterocycles. The maximum absolute atomic E-state index is 12.4. The molecule has 0 fully saturated rings. The molecule has 4 nitrogen and oxygen atoms in total. The Labute approximate surface area is 135 Å². The van der Waals surface area contributed by atoms with Crippen LogP contribution in [-0.4, -0.2) is 14.2 Å². The molecule has 2 aromatic carbocycles. The van der Waals surface area contributed by atoms with Gasteiger partial charge in [0.2, 0.25) is 0 Å². The smallest absolute Gasteiger partial charge is 0.197 e. The Hall–Kier alpha value is -2.27. The van der Waals surface area contributed by atoms with Crippen molar-refractivity contribution in [1.82, 2.24) is 0 Å². The minimum absolute atomic E-state index is 0.154. The van der Waals surface area contributed by atoms with Crippen LogP contribution in [0.4, 0.5) is 0 Å². The van der Waals surface area contributed by atoms with Gasteiger partial charge in [-0.3, -0.25) is 4.79 Å². The van der Waals surface area contributed by atoms with Crippen LogP contribution in [-0.2, 0) is 0 Å². The fourth-order valence-corrected chi connectivity index (χ4v) is 2.53. The third-order valence-corrected chi connectivity index (χ3v) is 3.88. The van der Waals surface area contributed by atoms with Gasteiger partial charge in [0, 0.05) is 28.2 Å². The second-order valence-electron chi connectivity index (χ2n) is 4.68. The number of halogens is 1. The molecule has 0 unspecified atom stereocenters. The lowest BCUT2D eigenvalue weighted by atomic mass is 10.1. The van der Waals surface area contributed by atoms with E-state index in [0.29, 0.717) is 28.2 Å². The number of fused-ring (bicyclic) bond motifs is 1. The molecule has 0 aliphatic rings. The van der Waals surface area contributed by atoms with E-state index in [4.69, 9.17) is 13.9 Å². The topological polar surface area (TPSA) is 48.7 Å². The summed E-state index contributed by atoms with van der Waals surface area (Å²) in [7, 11) is 3.06. The molecule has 1 heterocycles. The predicted octanol–water partition coefficient (Wildman–Crippen LogP) is 4.24. The number of hydrogen-bond donors (Lipinski definition) is 0. The molecule has 0 saturated carbocycles. The highest BCUT2D eigenvalue weighted by Crippen LogP contribution is 2.31. The zero-order valence-electron chi connectivity index (χ0n) is 12.1. The minimum Gasteiger partial charge on any atom is -0.496 e. The van der Waals surface area contributed by atoms with Gasteiger partial charge in [-0.05, 0) is 12.1 Å². The molecule has 22 heavy (non-hydrogen) atoms. The van der Waals surface area contributed by atoms with Crippen molar-refractivity contribution in [2.75, 3.05) is 14.2 Å². The summed E-state index contributed by atoms with van der Waals surface area (Å²) in [5, 5.41) is 0.407. The lowest BCUT2D eigenvalue weighted by Crippen LogP contribution is -2.03. The average molecular weight is 361 g/mol. The Morgan fingerprint density at radius 2 is 1.73 bits per heavy atom. The molecule has 3 aromatic rings. The molecule has 1 aromatic heterocycles. The quantitative estimate of drug-likeness (QED) is 0.700. The van der Waals surface area contributed by atoms with Crippen LogP contribution >= 0.6 is 15.9 Å². The van der Waals surface area contributed by atoms with E-state index in [2.05, 4.69) is 15.9 Å². The summed E-state index contributed by atoms with van der Waals surface area (Å²) in [5.74, 6) is 1.51. The molecule has 112 valence electrons. The van der Waals surface area contributed by atoms with Crippen LogP contribution in [0.2, 0.25) is 0 Å². The van der Waals surface area contributed by atoms with Gasteiger partial charge in [0.25, 0.3) is 0 Å². The summed E-state index contributed by atoms with van der Waals surface area (Å²) in [4.78, 5) is 12.4. The molecule has 0 spiro atoms. The number of ether oxygens (including phenoxy) is 2. The van der Waals surface area contributed by atoms with Gasteiger partial charge >= 0.3 is 0 Å². The molecule has 0 aliphatic carbocycles. The van der Waals surface area contributed by atoms with Crippen molar-refractivity contribution in [2.24, 2.45) is 0 Å². The zero-order chi connectivity index (χ0) is 15.7. The van der Waals surface area contributed by atoms with Crippen molar-refractivity contribution in [3.8, 4) is 22.8 Å². The number of hydrogen-bond acceptors (Lipinski definition) is 4. The van der Waals surface area contributed by atoms with Gasteiger partial charge < -0.3 is 13.9 Å². The molecule has 0 N–H and O–H groups in total. The van der Waals surface area contributed by atoms with E-state index < -0.39 is 0 Å². The first-order valence-electron chi connectivity index (χ1n) is 6.58. The number of benzene rings is 2. The Balaban J connectivity index is 2.27. The van der Waals surface area contributed by atoms with Crippen molar-refractivity contribution >= 4 is 26.9 Å². The van der Waals surface area contributed by atoms with Crippen molar-refractivity contribution in [2.45, 2.75) is 0 Å². The van der Waals surface area contributed by atoms with Gasteiger partial charge in [-0.1, -0.05) is 28.1 Å². The highest BCUT2D eigenvalue weighted by molar-refractivity contribution is 9.10. The first-order valence-corrected chi connectivity index (χ1v) is 7.37. The third kappa shape index (κ3) is 2.60. The average Bonchev–Trinajstić information content (AvgIpc) is 2.54. The Kier molecular flexibility index (Phi) is 3.90. The van der Waals surface area contributed by atoms with E-state index in [-0.39, 0.29) is 5.43 Å². The molecule has 3 rings (SSSR count). The first kappa shape index (κ1) is 14.7. The third-order valence-electron chi connectivity index (χ3n) is 3.35. The van der Waals surface area contributed by atoms with E-state index in [9.17, 15) is 4.79 Å². The van der Waals surface area contributed by atoms with E-state index >= 15 is 0 Å². The fraction of sp³-hybridized carbons (Fsp3) is 0.118. The number of methoxy groups -OCH3 is 2. The van der Waals surface area contributed by atoms with Crippen LogP contribution in [0.5, 0.6) is 11.5 Å². The van der Waals surface area contributed by atoms with E-state index in [0.717, 1.165) is 10.0 Å². The highest BCUT2D eigenvalue weighted by atomic mass is 79.9. The van der Waals surface area contributed by atoms with Crippen LogP contribution in [0.15, 0.2) is 56.1 Å². The van der Waals surface area contributed by atoms with Gasteiger partial charge in [0.15, 0.2) is 5.43 Å². The Morgan fingerprint density at radius 3 is 2.36 bits per heavy atom. The fourth-order valence-electron chi connectivity index (χ4n) is 2.26. The van der Waals surface area contributed by atoms with Gasteiger partial charge in [-0.2, -0.15) is 0 Å². The summed E-state index contributed by atoms with van der Waals surface area (Å²) in [6, 6.07) is 12.4. The summed E-state index contributed by atoms with van der Waals surface area (Å²) >= 11 is 3.38. The lowest BCUT2D eigenvalue weighted by Gasteiger charge is -2.09. The lowest BCUT2D eigenvalue weighted by molar-refractivity contribution is 0.396. The largest absolute Gasteiger partial charge is 0.496 e. The summed E-state index contributed by atoms with van der Waals surface area (Å²) in [5.41, 5.74) is 1.10. The van der Waals surface area contributed by atoms with Gasteiger partial charge in [0.05, 0.1) is 14.2 Å². The van der Waals surface area contributed by atoms with E-state index in [1.54, 1.807) is 19.2 Å². The van der Waals surface area contributed by atoms with E-state index in [1.165, 1.54) is 13.2 Å². The number of rotatable bonds is 3. The van der Waals surface area contributed by atoms with Gasteiger partial charge in [-0.25, -0.2) is 0 Å². The minimum atomic E-state index is -0.154. The SMILES string of the molecule is COc1cc(OC)c2c(=O)cc(-c3ccc(Br)cc3)oc2c1. The molecule has 0 aliphatic heterocycles. The van der Waals surface area contributed by atoms with Crippen LogP contribution in [0.25, 0.3) is 22.3 Å². The monoisotopic (exact) mass is 360 g/mol. The summed E-state index contributed by atoms with van der Waals surface area (Å²) in [6.07, 6.45) is 0. The van der Waals surface area contributed by atoms with Crippen LogP contribution in [0.3, 0.4) is 0 Å². The molecule has 5 heteroatoms. The second-order valence-corrected chi connectivity index (χ2v) is 5.60. The van der Waals surface area contributed by atoms with Crippen molar-refractivity contribution in [1.29, 1.82) is 0 Å². The van der Waals surface area contributed by atoms with Crippen LogP contribution in [0.1, 0.15) is 0 Å². The molecule has 0 amide bonds. The molecular formula is C17H13BrO4. The molecule has 0 bridgehead atoms. The van der Waals surface area contributed by atoms with Crippen molar-refractivity contribution < 1.29 is 13.9 Å². The van der Waals surface area contributed by atoms with Crippen molar-refractivity contribution in [3.63, 3.8) is 0 Å². The maximum atomic E-state index is 12.4. The second kappa shape index (κ2) is 5.85. The maximum Gasteiger partial charge on any atom is 0.197 e. The predicted molar refractivity (Wildman–Crippen MR) is 88.7 cm³/mol. The normalized spacial score (nSPS) is 10.7. The molecule has 0 radical (unpaired) electrons. The molecule has 0 atom stereocenters. The first-order chi connectivity index (χ1) is 10.6. The zero-order valence-corrected chi connectivity index (χ0v) is 13.6. The summed E-state index contributed by atoms with van der Waals surface area (Å²) < 4.78 is 17.3. The Morgan fingerprint density at radius 1 is 1.00 bits per heavy atom. The van der Waals surface area contributed by atoms with Crippen LogP contribution in [0, 0.1) is 0 Å².